The predicted molar refractivity (Wildman–Crippen MR) is 77.2 cm³/mol. The van der Waals surface area contributed by atoms with Crippen LogP contribution in [0.3, 0.4) is 0 Å². The highest BCUT2D eigenvalue weighted by molar-refractivity contribution is 7.99. The molecule has 18 heavy (non-hydrogen) atoms. The highest BCUT2D eigenvalue weighted by Crippen LogP contribution is 2.35. The van der Waals surface area contributed by atoms with Crippen molar-refractivity contribution in [2.75, 3.05) is 5.75 Å². The van der Waals surface area contributed by atoms with Crippen molar-refractivity contribution in [1.82, 2.24) is 9.97 Å². The number of nitrogens with zero attached hydrogens (tertiary/aromatic N) is 3. The second-order valence-corrected chi connectivity index (χ2v) is 6.44. The van der Waals surface area contributed by atoms with E-state index in [0.29, 0.717) is 6.42 Å². The fourth-order valence-corrected chi connectivity index (χ4v) is 3.95. The van der Waals surface area contributed by atoms with E-state index < -0.39 is 0 Å². The summed E-state index contributed by atoms with van der Waals surface area (Å²) in [5.74, 6) is 1.76. The van der Waals surface area contributed by atoms with Crippen LogP contribution in [-0.2, 0) is 0 Å². The van der Waals surface area contributed by atoms with Gasteiger partial charge < -0.3 is 0 Å². The maximum Gasteiger partial charge on any atom is 0.128 e. The minimum Gasteiger partial charge on any atom is -0.226 e. The van der Waals surface area contributed by atoms with Gasteiger partial charge in [0.1, 0.15) is 15.7 Å². The largest absolute Gasteiger partial charge is 0.226 e. The van der Waals surface area contributed by atoms with Crippen molar-refractivity contribution in [2.45, 2.75) is 38.6 Å². The summed E-state index contributed by atoms with van der Waals surface area (Å²) in [7, 11) is 0. The average molecular weight is 277 g/mol. The molecule has 3 nitrogen and oxygen atoms in total. The van der Waals surface area contributed by atoms with Gasteiger partial charge in [-0.25, -0.2) is 9.97 Å². The quantitative estimate of drug-likeness (QED) is 0.481. The highest BCUT2D eigenvalue weighted by Gasteiger charge is 2.13. The SMILES string of the molecule is Cc1nc(SCCCC#N)c2c(C)c(C)sc2n1. The van der Waals surface area contributed by atoms with Crippen molar-refractivity contribution < 1.29 is 0 Å². The molecule has 0 fully saturated rings. The Morgan fingerprint density at radius 1 is 1.28 bits per heavy atom. The highest BCUT2D eigenvalue weighted by atomic mass is 32.2. The summed E-state index contributed by atoms with van der Waals surface area (Å²) < 4.78 is 0. The molecule has 2 aromatic heterocycles. The van der Waals surface area contributed by atoms with E-state index in [2.05, 4.69) is 29.9 Å². The molecular weight excluding hydrogens is 262 g/mol. The summed E-state index contributed by atoms with van der Waals surface area (Å²) in [6.07, 6.45) is 1.52. The molecule has 0 radical (unpaired) electrons. The minimum absolute atomic E-state index is 0.613. The van der Waals surface area contributed by atoms with Gasteiger partial charge in [-0.05, 0) is 32.8 Å². The summed E-state index contributed by atoms with van der Waals surface area (Å²) in [4.78, 5) is 11.4. The Labute approximate surface area is 115 Å². The van der Waals surface area contributed by atoms with Crippen LogP contribution < -0.4 is 0 Å². The molecule has 0 aliphatic heterocycles. The Balaban J connectivity index is 2.33. The maximum absolute atomic E-state index is 8.54. The Bertz CT molecular complexity index is 611. The first-order valence-corrected chi connectivity index (χ1v) is 7.67. The minimum atomic E-state index is 0.613. The number of thiophene rings is 1. The molecule has 2 rings (SSSR count). The molecule has 0 aliphatic carbocycles. The third kappa shape index (κ3) is 2.65. The second-order valence-electron chi connectivity index (χ2n) is 4.15. The molecule has 0 N–H and O–H groups in total. The summed E-state index contributed by atoms with van der Waals surface area (Å²) in [5.41, 5.74) is 1.29. The van der Waals surface area contributed by atoms with Crippen LogP contribution in [0.15, 0.2) is 5.03 Å². The van der Waals surface area contributed by atoms with Gasteiger partial charge in [0.25, 0.3) is 0 Å². The molecule has 0 unspecified atom stereocenters. The predicted octanol–water partition coefficient (Wildman–Crippen LogP) is 4.01. The zero-order valence-corrected chi connectivity index (χ0v) is 12.4. The molecule has 0 saturated carbocycles. The number of fused-ring (bicyclic) bond motifs is 1. The van der Waals surface area contributed by atoms with E-state index in [1.807, 2.05) is 6.92 Å². The van der Waals surface area contributed by atoms with Crippen LogP contribution in [0.25, 0.3) is 10.2 Å². The fourth-order valence-electron chi connectivity index (χ4n) is 1.74. The Hall–Kier alpha value is -1.12. The van der Waals surface area contributed by atoms with Gasteiger partial charge in [0.2, 0.25) is 0 Å². The van der Waals surface area contributed by atoms with Gasteiger partial charge in [0.05, 0.1) is 6.07 Å². The van der Waals surface area contributed by atoms with Gasteiger partial charge in [0.15, 0.2) is 0 Å². The van der Waals surface area contributed by atoms with Gasteiger partial charge >= 0.3 is 0 Å². The normalized spacial score (nSPS) is 10.8. The van der Waals surface area contributed by atoms with E-state index in [1.54, 1.807) is 23.1 Å². The van der Waals surface area contributed by atoms with Gasteiger partial charge in [-0.3, -0.25) is 0 Å². The lowest BCUT2D eigenvalue weighted by Crippen LogP contribution is -1.92. The molecule has 2 heterocycles. The van der Waals surface area contributed by atoms with Crippen molar-refractivity contribution in [2.24, 2.45) is 0 Å². The zero-order chi connectivity index (χ0) is 13.1. The van der Waals surface area contributed by atoms with Crippen molar-refractivity contribution in [1.29, 1.82) is 5.26 Å². The molecular formula is C13H15N3S2. The summed E-state index contributed by atoms with van der Waals surface area (Å²) >= 11 is 3.47. The van der Waals surface area contributed by atoms with Gasteiger partial charge in [-0.1, -0.05) is 0 Å². The second kappa shape index (κ2) is 5.68. The molecule has 0 saturated heterocycles. The van der Waals surface area contributed by atoms with E-state index >= 15 is 0 Å². The number of hydrogen-bond acceptors (Lipinski definition) is 5. The Morgan fingerprint density at radius 2 is 2.06 bits per heavy atom. The van der Waals surface area contributed by atoms with Crippen molar-refractivity contribution >= 4 is 33.3 Å². The lowest BCUT2D eigenvalue weighted by Gasteiger charge is -2.04. The van der Waals surface area contributed by atoms with Crippen LogP contribution in [0.2, 0.25) is 0 Å². The molecule has 0 spiro atoms. The molecule has 5 heteroatoms. The van der Waals surface area contributed by atoms with Gasteiger partial charge in [-0.15, -0.1) is 23.1 Å². The lowest BCUT2D eigenvalue weighted by molar-refractivity contribution is 0.970. The molecule has 0 aromatic carbocycles. The molecule has 0 amide bonds. The first kappa shape index (κ1) is 13.3. The molecule has 0 atom stereocenters. The van der Waals surface area contributed by atoms with E-state index in [4.69, 9.17) is 5.26 Å². The number of unbranched alkanes of at least 4 members (excludes halogenated alkanes) is 1. The first-order valence-electron chi connectivity index (χ1n) is 5.87. The summed E-state index contributed by atoms with van der Waals surface area (Å²) in [6.45, 7) is 6.19. The molecule has 0 aliphatic rings. The standard InChI is InChI=1S/C13H15N3S2/c1-8-9(2)18-13-11(8)12(15-10(3)16-13)17-7-5-4-6-14/h4-5,7H2,1-3H3. The third-order valence-corrected chi connectivity index (χ3v) is 4.94. The van der Waals surface area contributed by atoms with Crippen LogP contribution in [0.1, 0.15) is 29.1 Å². The molecule has 0 bridgehead atoms. The summed E-state index contributed by atoms with van der Waals surface area (Å²) in [6, 6.07) is 2.17. The lowest BCUT2D eigenvalue weighted by atomic mass is 10.2. The fraction of sp³-hybridized carbons (Fsp3) is 0.462. The van der Waals surface area contributed by atoms with E-state index in [-0.39, 0.29) is 0 Å². The van der Waals surface area contributed by atoms with E-state index in [0.717, 1.165) is 27.9 Å². The third-order valence-electron chi connectivity index (χ3n) is 2.78. The number of aromatic nitrogens is 2. The molecule has 2 aromatic rings. The smallest absolute Gasteiger partial charge is 0.128 e. The van der Waals surface area contributed by atoms with Crippen LogP contribution in [0.4, 0.5) is 0 Å². The maximum atomic E-state index is 8.54. The number of hydrogen-bond donors (Lipinski definition) is 0. The average Bonchev–Trinajstić information content (AvgIpc) is 2.60. The number of aryl methyl sites for hydroxylation is 3. The van der Waals surface area contributed by atoms with Crippen LogP contribution in [0.5, 0.6) is 0 Å². The Morgan fingerprint density at radius 3 is 2.78 bits per heavy atom. The van der Waals surface area contributed by atoms with E-state index in [9.17, 15) is 0 Å². The van der Waals surface area contributed by atoms with E-state index in [1.165, 1.54) is 15.8 Å². The number of nitriles is 1. The van der Waals surface area contributed by atoms with Gasteiger partial charge in [-0.2, -0.15) is 5.26 Å². The van der Waals surface area contributed by atoms with Crippen LogP contribution in [0, 0.1) is 32.1 Å². The first-order chi connectivity index (χ1) is 8.63. The van der Waals surface area contributed by atoms with Crippen molar-refractivity contribution in [3.8, 4) is 6.07 Å². The topological polar surface area (TPSA) is 49.6 Å². The number of rotatable bonds is 4. The summed E-state index contributed by atoms with van der Waals surface area (Å²) in [5, 5.41) is 10.8. The monoisotopic (exact) mass is 277 g/mol. The Kier molecular flexibility index (Phi) is 4.20. The van der Waals surface area contributed by atoms with Crippen molar-refractivity contribution in [3.05, 3.63) is 16.3 Å². The zero-order valence-electron chi connectivity index (χ0n) is 10.8. The molecule has 94 valence electrons. The van der Waals surface area contributed by atoms with Crippen molar-refractivity contribution in [3.63, 3.8) is 0 Å². The van der Waals surface area contributed by atoms with Crippen LogP contribution >= 0.6 is 23.1 Å². The van der Waals surface area contributed by atoms with Gasteiger partial charge in [0, 0.05) is 22.4 Å². The van der Waals surface area contributed by atoms with Crippen LogP contribution in [-0.4, -0.2) is 15.7 Å². The number of thioether (sulfide) groups is 1.